The van der Waals surface area contributed by atoms with E-state index in [0.29, 0.717) is 0 Å². The average Bonchev–Trinajstić information content (AvgIpc) is 2.17. The molecule has 0 aliphatic heterocycles. The van der Waals surface area contributed by atoms with Gasteiger partial charge >= 0.3 is 0 Å². The predicted molar refractivity (Wildman–Crippen MR) is 67.2 cm³/mol. The molecule has 6 heteroatoms. The van der Waals surface area contributed by atoms with Crippen molar-refractivity contribution < 1.29 is 9.59 Å². The summed E-state index contributed by atoms with van der Waals surface area (Å²) in [5.41, 5.74) is 8.97. The van der Waals surface area contributed by atoms with Gasteiger partial charge in [-0.3, -0.25) is 9.59 Å². The van der Waals surface area contributed by atoms with Crippen LogP contribution in [0.3, 0.4) is 0 Å². The van der Waals surface area contributed by atoms with E-state index in [0.717, 1.165) is 0 Å². The number of ketones is 1. The number of amides is 1. The topological polar surface area (TPSA) is 86.2 Å². The SMILES string of the molecule is C[C@](CS)(CC(=O)[C@](C)(N)CS)C(N)=O. The van der Waals surface area contributed by atoms with E-state index in [4.69, 9.17) is 11.5 Å². The van der Waals surface area contributed by atoms with Gasteiger partial charge in [0.25, 0.3) is 0 Å². The van der Waals surface area contributed by atoms with Crippen molar-refractivity contribution in [1.29, 1.82) is 0 Å². The van der Waals surface area contributed by atoms with Crippen LogP contribution in [0.1, 0.15) is 20.3 Å². The van der Waals surface area contributed by atoms with E-state index in [9.17, 15) is 9.59 Å². The second kappa shape index (κ2) is 5.23. The fraction of sp³-hybridized carbons (Fsp3) is 0.778. The van der Waals surface area contributed by atoms with Gasteiger partial charge in [0.2, 0.25) is 5.91 Å². The van der Waals surface area contributed by atoms with Crippen molar-refractivity contribution in [3.05, 3.63) is 0 Å². The van der Waals surface area contributed by atoms with Gasteiger partial charge in [0.15, 0.2) is 5.78 Å². The van der Waals surface area contributed by atoms with E-state index in [1.54, 1.807) is 13.8 Å². The predicted octanol–water partition coefficient (Wildman–Crippen LogP) is 0.0142. The van der Waals surface area contributed by atoms with Gasteiger partial charge in [-0.15, -0.1) is 0 Å². The first-order valence-electron chi connectivity index (χ1n) is 4.53. The Morgan fingerprint density at radius 1 is 1.20 bits per heavy atom. The highest BCUT2D eigenvalue weighted by Gasteiger charge is 2.37. The Hall–Kier alpha value is -0.200. The van der Waals surface area contributed by atoms with Crippen molar-refractivity contribution >= 4 is 36.9 Å². The molecule has 2 atom stereocenters. The molecule has 0 aromatic rings. The van der Waals surface area contributed by atoms with Crippen molar-refractivity contribution in [2.45, 2.75) is 25.8 Å². The van der Waals surface area contributed by atoms with E-state index in [1.807, 2.05) is 0 Å². The summed E-state index contributed by atoms with van der Waals surface area (Å²) in [6.45, 7) is 3.19. The summed E-state index contributed by atoms with van der Waals surface area (Å²) < 4.78 is 0. The fourth-order valence-electron chi connectivity index (χ4n) is 0.865. The maximum absolute atomic E-state index is 11.8. The molecule has 0 radical (unpaired) electrons. The van der Waals surface area contributed by atoms with Crippen LogP contribution in [-0.2, 0) is 9.59 Å². The van der Waals surface area contributed by atoms with E-state index in [2.05, 4.69) is 25.3 Å². The van der Waals surface area contributed by atoms with Crippen LogP contribution < -0.4 is 11.5 Å². The lowest BCUT2D eigenvalue weighted by molar-refractivity contribution is -0.133. The van der Waals surface area contributed by atoms with Crippen LogP contribution in [0, 0.1) is 5.41 Å². The third kappa shape index (κ3) is 3.70. The Labute approximate surface area is 101 Å². The zero-order valence-electron chi connectivity index (χ0n) is 8.99. The molecule has 4 nitrogen and oxygen atoms in total. The Morgan fingerprint density at radius 2 is 1.67 bits per heavy atom. The number of carbonyl (C=O) groups is 2. The molecule has 0 fully saturated rings. The van der Waals surface area contributed by atoms with Crippen molar-refractivity contribution in [3.8, 4) is 0 Å². The zero-order chi connectivity index (χ0) is 12.3. The molecule has 15 heavy (non-hydrogen) atoms. The van der Waals surface area contributed by atoms with E-state index in [1.165, 1.54) is 0 Å². The molecule has 1 amide bonds. The number of hydrogen-bond donors (Lipinski definition) is 4. The molecule has 4 N–H and O–H groups in total. The molecule has 0 aliphatic rings. The van der Waals surface area contributed by atoms with Crippen LogP contribution in [0.4, 0.5) is 0 Å². The summed E-state index contributed by atoms with van der Waals surface area (Å²) in [6.07, 6.45) is -0.000602. The molecule has 0 saturated heterocycles. The first-order chi connectivity index (χ1) is 6.69. The van der Waals surface area contributed by atoms with E-state index >= 15 is 0 Å². The maximum atomic E-state index is 11.8. The minimum Gasteiger partial charge on any atom is -0.369 e. The number of primary amides is 1. The largest absolute Gasteiger partial charge is 0.369 e. The van der Waals surface area contributed by atoms with Gasteiger partial charge in [0, 0.05) is 17.9 Å². The number of rotatable bonds is 6. The number of carbonyl (C=O) groups excluding carboxylic acids is 2. The van der Waals surface area contributed by atoms with E-state index in [-0.39, 0.29) is 23.7 Å². The molecule has 0 spiro atoms. The molecular formula is C9H18N2O2S2. The summed E-state index contributed by atoms with van der Waals surface area (Å²) in [5.74, 6) is -0.321. The van der Waals surface area contributed by atoms with Crippen LogP contribution in [0.2, 0.25) is 0 Å². The minimum absolute atomic E-state index is 0.000602. The molecule has 0 rings (SSSR count). The van der Waals surface area contributed by atoms with Crippen LogP contribution in [0.15, 0.2) is 0 Å². The van der Waals surface area contributed by atoms with Crippen molar-refractivity contribution in [3.63, 3.8) is 0 Å². The van der Waals surface area contributed by atoms with Gasteiger partial charge < -0.3 is 11.5 Å². The van der Waals surface area contributed by atoms with Crippen LogP contribution in [0.5, 0.6) is 0 Å². The van der Waals surface area contributed by atoms with Gasteiger partial charge in [-0.1, -0.05) is 0 Å². The third-order valence-corrected chi connectivity index (χ3v) is 3.81. The van der Waals surface area contributed by atoms with Gasteiger partial charge in [-0.05, 0) is 13.8 Å². The van der Waals surface area contributed by atoms with Gasteiger partial charge in [0.1, 0.15) is 0 Å². The molecule has 0 saturated carbocycles. The lowest BCUT2D eigenvalue weighted by atomic mass is 9.81. The molecule has 0 aliphatic carbocycles. The summed E-state index contributed by atoms with van der Waals surface area (Å²) in [5, 5.41) is 0. The Bertz CT molecular complexity index is 269. The van der Waals surface area contributed by atoms with Crippen molar-refractivity contribution in [2.24, 2.45) is 16.9 Å². The monoisotopic (exact) mass is 250 g/mol. The minimum atomic E-state index is -1.03. The average molecular weight is 250 g/mol. The zero-order valence-corrected chi connectivity index (χ0v) is 10.8. The van der Waals surface area contributed by atoms with Crippen LogP contribution >= 0.6 is 25.3 Å². The Balaban J connectivity index is 4.72. The lowest BCUT2D eigenvalue weighted by Gasteiger charge is -2.28. The quantitative estimate of drug-likeness (QED) is 0.501. The van der Waals surface area contributed by atoms with Crippen molar-refractivity contribution in [1.82, 2.24) is 0 Å². The van der Waals surface area contributed by atoms with Gasteiger partial charge in [-0.2, -0.15) is 25.3 Å². The molecule has 0 aromatic heterocycles. The maximum Gasteiger partial charge on any atom is 0.224 e. The second-order valence-electron chi connectivity index (χ2n) is 4.26. The summed E-state index contributed by atoms with van der Waals surface area (Å²) in [7, 11) is 0. The van der Waals surface area contributed by atoms with Gasteiger partial charge in [0.05, 0.1) is 11.0 Å². The lowest BCUT2D eigenvalue weighted by Crippen LogP contribution is -2.50. The highest BCUT2D eigenvalue weighted by molar-refractivity contribution is 7.80. The summed E-state index contributed by atoms with van der Waals surface area (Å²) >= 11 is 8.02. The molecule has 0 aromatic carbocycles. The molecule has 88 valence electrons. The Morgan fingerprint density at radius 3 is 1.93 bits per heavy atom. The molecule has 0 bridgehead atoms. The molecule has 0 unspecified atom stereocenters. The van der Waals surface area contributed by atoms with Gasteiger partial charge in [-0.25, -0.2) is 0 Å². The summed E-state index contributed by atoms with van der Waals surface area (Å²) in [6, 6.07) is 0. The second-order valence-corrected chi connectivity index (χ2v) is 4.89. The van der Waals surface area contributed by atoms with Crippen LogP contribution in [0.25, 0.3) is 0 Å². The summed E-state index contributed by atoms with van der Waals surface area (Å²) in [4.78, 5) is 22.9. The highest BCUT2D eigenvalue weighted by Crippen LogP contribution is 2.25. The number of Topliss-reactive ketones (excluding diaryl/α,β-unsaturated/α-hetero) is 1. The normalized spacial score (nSPS) is 19.0. The number of hydrogen-bond acceptors (Lipinski definition) is 5. The number of thiol groups is 2. The van der Waals surface area contributed by atoms with E-state index < -0.39 is 16.9 Å². The molecule has 0 heterocycles. The third-order valence-electron chi connectivity index (χ3n) is 2.46. The smallest absolute Gasteiger partial charge is 0.224 e. The van der Waals surface area contributed by atoms with Crippen LogP contribution in [-0.4, -0.2) is 28.7 Å². The fourth-order valence-corrected chi connectivity index (χ4v) is 1.31. The number of nitrogens with two attached hydrogens (primary N) is 2. The first kappa shape index (κ1) is 14.8. The van der Waals surface area contributed by atoms with Crippen molar-refractivity contribution in [2.75, 3.05) is 11.5 Å². The standard InChI is InChI=1S/C9H18N2O2S2/c1-8(4-14,7(10)13)3-6(12)9(2,11)5-15/h14-15H,3-5,11H2,1-2H3,(H2,10,13)/t8-,9-/m1/s1. The highest BCUT2D eigenvalue weighted by atomic mass is 32.1. The first-order valence-corrected chi connectivity index (χ1v) is 5.80. The molecular weight excluding hydrogens is 232 g/mol. The Kier molecular flexibility index (Phi) is 5.16.